The Labute approximate surface area is 149 Å². The highest BCUT2D eigenvalue weighted by molar-refractivity contribution is 5.97. The lowest BCUT2D eigenvalue weighted by Gasteiger charge is -2.15. The summed E-state index contributed by atoms with van der Waals surface area (Å²) >= 11 is 0. The first-order chi connectivity index (χ1) is 12.2. The summed E-state index contributed by atoms with van der Waals surface area (Å²) in [6, 6.07) is 25.6. The Kier molecular flexibility index (Phi) is 5.30. The van der Waals surface area contributed by atoms with Gasteiger partial charge in [-0.2, -0.15) is 0 Å². The van der Waals surface area contributed by atoms with Crippen molar-refractivity contribution in [1.29, 1.82) is 0 Å². The molecule has 0 saturated heterocycles. The van der Waals surface area contributed by atoms with Gasteiger partial charge < -0.3 is 4.74 Å². The topological polar surface area (TPSA) is 26.3 Å². The van der Waals surface area contributed by atoms with Gasteiger partial charge in [0, 0.05) is 0 Å². The minimum Gasteiger partial charge on any atom is -0.457 e. The Bertz CT molecular complexity index is 851. The average molecular weight is 330 g/mol. The third-order valence-corrected chi connectivity index (χ3v) is 4.23. The van der Waals surface area contributed by atoms with E-state index in [9.17, 15) is 4.79 Å². The van der Waals surface area contributed by atoms with Gasteiger partial charge in [0.15, 0.2) is 0 Å². The zero-order valence-electron chi connectivity index (χ0n) is 14.6. The van der Waals surface area contributed by atoms with E-state index in [1.54, 1.807) is 0 Å². The van der Waals surface area contributed by atoms with Crippen molar-refractivity contribution in [3.05, 3.63) is 95.6 Å². The highest BCUT2D eigenvalue weighted by Crippen LogP contribution is 2.31. The van der Waals surface area contributed by atoms with E-state index in [1.165, 1.54) is 5.56 Å². The predicted molar refractivity (Wildman–Crippen MR) is 102 cm³/mol. The molecule has 2 heteroatoms. The molecule has 25 heavy (non-hydrogen) atoms. The number of carbonyl (C=O) groups is 1. The molecule has 0 aromatic heterocycles. The molecule has 0 saturated carbocycles. The fourth-order valence-electron chi connectivity index (χ4n) is 2.94. The van der Waals surface area contributed by atoms with Crippen LogP contribution in [0.25, 0.3) is 11.1 Å². The number of ether oxygens (including phenoxy) is 1. The molecule has 0 heterocycles. The Morgan fingerprint density at radius 2 is 1.40 bits per heavy atom. The van der Waals surface area contributed by atoms with Crippen molar-refractivity contribution in [3.63, 3.8) is 0 Å². The number of benzene rings is 3. The molecule has 126 valence electrons. The SMILES string of the molecule is CC(C)c1ccccc1-c1ccccc1C(=O)OCc1ccccc1. The summed E-state index contributed by atoms with van der Waals surface area (Å²) in [6.07, 6.45) is 0. The van der Waals surface area contributed by atoms with Gasteiger partial charge in [-0.3, -0.25) is 0 Å². The van der Waals surface area contributed by atoms with Gasteiger partial charge in [-0.1, -0.05) is 86.6 Å². The van der Waals surface area contributed by atoms with Crippen LogP contribution in [0.15, 0.2) is 78.9 Å². The third kappa shape index (κ3) is 3.97. The van der Waals surface area contributed by atoms with Crippen LogP contribution in [0, 0.1) is 0 Å². The van der Waals surface area contributed by atoms with Gasteiger partial charge >= 0.3 is 5.97 Å². The highest BCUT2D eigenvalue weighted by Gasteiger charge is 2.16. The molecule has 0 spiro atoms. The second kappa shape index (κ2) is 7.80. The zero-order chi connectivity index (χ0) is 17.6. The molecule has 2 nitrogen and oxygen atoms in total. The number of hydrogen-bond acceptors (Lipinski definition) is 2. The summed E-state index contributed by atoms with van der Waals surface area (Å²) in [6.45, 7) is 4.60. The molecule has 0 fully saturated rings. The maximum Gasteiger partial charge on any atom is 0.339 e. The standard InChI is InChI=1S/C23H22O2/c1-17(2)19-12-6-7-13-20(19)21-14-8-9-15-22(21)23(24)25-16-18-10-4-3-5-11-18/h3-15,17H,16H2,1-2H3. The van der Waals surface area contributed by atoms with Crippen LogP contribution >= 0.6 is 0 Å². The second-order valence-corrected chi connectivity index (χ2v) is 6.35. The molecule has 0 N–H and O–H groups in total. The van der Waals surface area contributed by atoms with Crippen molar-refractivity contribution in [3.8, 4) is 11.1 Å². The van der Waals surface area contributed by atoms with Crippen LogP contribution in [0.1, 0.15) is 41.3 Å². The molecule has 3 aromatic carbocycles. The molecule has 3 rings (SSSR count). The van der Waals surface area contributed by atoms with Crippen molar-refractivity contribution in [2.24, 2.45) is 0 Å². The molecule has 0 atom stereocenters. The molecular weight excluding hydrogens is 308 g/mol. The molecule has 0 bridgehead atoms. The number of esters is 1. The minimum atomic E-state index is -0.294. The van der Waals surface area contributed by atoms with Crippen LogP contribution in [-0.2, 0) is 11.3 Å². The van der Waals surface area contributed by atoms with E-state index >= 15 is 0 Å². The van der Waals surface area contributed by atoms with Crippen LogP contribution in [0.2, 0.25) is 0 Å². The van der Waals surface area contributed by atoms with Crippen LogP contribution in [0.3, 0.4) is 0 Å². The van der Waals surface area contributed by atoms with Gasteiger partial charge in [-0.25, -0.2) is 4.79 Å². The smallest absolute Gasteiger partial charge is 0.339 e. The first-order valence-corrected chi connectivity index (χ1v) is 8.56. The highest BCUT2D eigenvalue weighted by atomic mass is 16.5. The van der Waals surface area contributed by atoms with E-state index in [1.807, 2.05) is 66.7 Å². The van der Waals surface area contributed by atoms with E-state index < -0.39 is 0 Å². The summed E-state index contributed by atoms with van der Waals surface area (Å²) in [4.78, 5) is 12.7. The number of hydrogen-bond donors (Lipinski definition) is 0. The van der Waals surface area contributed by atoms with Crippen molar-refractivity contribution >= 4 is 5.97 Å². The predicted octanol–water partition coefficient (Wildman–Crippen LogP) is 5.83. The third-order valence-electron chi connectivity index (χ3n) is 4.23. The quantitative estimate of drug-likeness (QED) is 0.550. The van der Waals surface area contributed by atoms with Gasteiger partial charge in [0.05, 0.1) is 5.56 Å². The van der Waals surface area contributed by atoms with Gasteiger partial charge in [-0.15, -0.1) is 0 Å². The van der Waals surface area contributed by atoms with E-state index in [4.69, 9.17) is 4.74 Å². The van der Waals surface area contributed by atoms with Crippen molar-refractivity contribution in [1.82, 2.24) is 0 Å². The van der Waals surface area contributed by atoms with Crippen molar-refractivity contribution < 1.29 is 9.53 Å². The molecule has 0 unspecified atom stereocenters. The number of carbonyl (C=O) groups excluding carboxylic acids is 1. The normalized spacial score (nSPS) is 10.7. The first kappa shape index (κ1) is 17.0. The Morgan fingerprint density at radius 1 is 0.800 bits per heavy atom. The summed E-state index contributed by atoms with van der Waals surface area (Å²) in [5.41, 5.74) is 4.82. The van der Waals surface area contributed by atoms with Gasteiger partial charge in [-0.05, 0) is 34.2 Å². The van der Waals surface area contributed by atoms with E-state index in [0.717, 1.165) is 16.7 Å². The van der Waals surface area contributed by atoms with Crippen molar-refractivity contribution in [2.45, 2.75) is 26.4 Å². The molecule has 0 aliphatic carbocycles. The van der Waals surface area contributed by atoms with Crippen LogP contribution in [0.4, 0.5) is 0 Å². The van der Waals surface area contributed by atoms with Crippen LogP contribution in [0.5, 0.6) is 0 Å². The van der Waals surface area contributed by atoms with Gasteiger partial charge in [0.2, 0.25) is 0 Å². The maximum atomic E-state index is 12.7. The average Bonchev–Trinajstić information content (AvgIpc) is 2.67. The second-order valence-electron chi connectivity index (χ2n) is 6.35. The maximum absolute atomic E-state index is 12.7. The molecule has 0 aliphatic heterocycles. The number of rotatable bonds is 5. The Morgan fingerprint density at radius 3 is 2.12 bits per heavy atom. The summed E-state index contributed by atoms with van der Waals surface area (Å²) in [5, 5.41) is 0. The largest absolute Gasteiger partial charge is 0.457 e. The molecule has 3 aromatic rings. The van der Waals surface area contributed by atoms with E-state index in [0.29, 0.717) is 11.5 Å². The van der Waals surface area contributed by atoms with Crippen LogP contribution in [-0.4, -0.2) is 5.97 Å². The molecular formula is C23H22O2. The van der Waals surface area contributed by atoms with E-state index in [-0.39, 0.29) is 12.6 Å². The van der Waals surface area contributed by atoms with Gasteiger partial charge in [0.1, 0.15) is 6.61 Å². The fraction of sp³-hybridized carbons (Fsp3) is 0.174. The lowest BCUT2D eigenvalue weighted by atomic mass is 9.90. The molecule has 0 radical (unpaired) electrons. The van der Waals surface area contributed by atoms with Gasteiger partial charge in [0.25, 0.3) is 0 Å². The molecule has 0 aliphatic rings. The zero-order valence-corrected chi connectivity index (χ0v) is 14.6. The summed E-state index contributed by atoms with van der Waals surface area (Å²) in [7, 11) is 0. The fourth-order valence-corrected chi connectivity index (χ4v) is 2.94. The Hall–Kier alpha value is -2.87. The summed E-state index contributed by atoms with van der Waals surface area (Å²) < 4.78 is 5.54. The van der Waals surface area contributed by atoms with E-state index in [2.05, 4.69) is 26.0 Å². The molecule has 0 amide bonds. The lowest BCUT2D eigenvalue weighted by molar-refractivity contribution is 0.0473. The van der Waals surface area contributed by atoms with Crippen LogP contribution < -0.4 is 0 Å². The first-order valence-electron chi connectivity index (χ1n) is 8.56. The lowest BCUT2D eigenvalue weighted by Crippen LogP contribution is -2.07. The Balaban J connectivity index is 1.90. The van der Waals surface area contributed by atoms with Crippen molar-refractivity contribution in [2.75, 3.05) is 0 Å². The monoisotopic (exact) mass is 330 g/mol. The minimum absolute atomic E-state index is 0.278. The summed E-state index contributed by atoms with van der Waals surface area (Å²) in [5.74, 6) is 0.0857.